The van der Waals surface area contributed by atoms with Gasteiger partial charge >= 0.3 is 0 Å². The van der Waals surface area contributed by atoms with Crippen LogP contribution in [0.3, 0.4) is 0 Å². The highest BCUT2D eigenvalue weighted by molar-refractivity contribution is 7.16. The van der Waals surface area contributed by atoms with Crippen LogP contribution in [0.25, 0.3) is 4.96 Å². The lowest BCUT2D eigenvalue weighted by atomic mass is 10.3. The number of aliphatic hydroxyl groups is 1. The fourth-order valence-corrected chi connectivity index (χ4v) is 4.57. The second-order valence-corrected chi connectivity index (χ2v) is 8.05. The lowest BCUT2D eigenvalue weighted by Gasteiger charge is -2.18. The standard InChI is InChI=1S/C17H20N6O2S/c24-10-13-6-14-9-21(4-1-5-22(14)19-13)8-12-7-15(25)23-17(18-12)26-16(20-23)11-2-3-11/h6-7,11,24H,1-5,8-10H2. The number of hydrogen-bond donors (Lipinski definition) is 1. The molecule has 0 radical (unpaired) electrons. The largest absolute Gasteiger partial charge is 0.390 e. The van der Waals surface area contributed by atoms with Crippen molar-refractivity contribution >= 4 is 16.3 Å². The maximum absolute atomic E-state index is 12.4. The Labute approximate surface area is 153 Å². The molecule has 1 fully saturated rings. The van der Waals surface area contributed by atoms with Gasteiger partial charge in [-0.05, 0) is 25.3 Å². The number of aromatic nitrogens is 5. The first-order valence-corrected chi connectivity index (χ1v) is 9.80. The van der Waals surface area contributed by atoms with E-state index in [-0.39, 0.29) is 12.2 Å². The van der Waals surface area contributed by atoms with Crippen LogP contribution in [0.5, 0.6) is 0 Å². The van der Waals surface area contributed by atoms with Crippen LogP contribution in [0.1, 0.15) is 47.3 Å². The van der Waals surface area contributed by atoms with E-state index < -0.39 is 0 Å². The summed E-state index contributed by atoms with van der Waals surface area (Å²) in [5.74, 6) is 0.524. The molecule has 3 aromatic rings. The maximum atomic E-state index is 12.4. The predicted molar refractivity (Wildman–Crippen MR) is 96.0 cm³/mol. The minimum absolute atomic E-state index is 0.0380. The van der Waals surface area contributed by atoms with Crippen LogP contribution in [-0.4, -0.2) is 40.9 Å². The Bertz CT molecular complexity index is 1020. The first kappa shape index (κ1) is 16.1. The van der Waals surface area contributed by atoms with Crippen molar-refractivity contribution in [2.45, 2.75) is 51.4 Å². The third kappa shape index (κ3) is 2.95. The summed E-state index contributed by atoms with van der Waals surface area (Å²) in [6.07, 6.45) is 3.31. The van der Waals surface area contributed by atoms with Crippen molar-refractivity contribution in [3.8, 4) is 0 Å². The van der Waals surface area contributed by atoms with Gasteiger partial charge in [-0.3, -0.25) is 14.4 Å². The van der Waals surface area contributed by atoms with Crippen LogP contribution < -0.4 is 5.56 Å². The smallest absolute Gasteiger partial charge is 0.275 e. The molecule has 0 saturated heterocycles. The Morgan fingerprint density at radius 1 is 1.19 bits per heavy atom. The van der Waals surface area contributed by atoms with Crippen LogP contribution in [0, 0.1) is 0 Å². The summed E-state index contributed by atoms with van der Waals surface area (Å²) in [5.41, 5.74) is 2.49. The quantitative estimate of drug-likeness (QED) is 0.738. The Balaban J connectivity index is 1.40. The van der Waals surface area contributed by atoms with Gasteiger partial charge in [0, 0.05) is 38.2 Å². The van der Waals surface area contributed by atoms with Crippen LogP contribution in [0.4, 0.5) is 0 Å². The molecular weight excluding hydrogens is 352 g/mol. The van der Waals surface area contributed by atoms with E-state index in [0.29, 0.717) is 23.1 Å². The van der Waals surface area contributed by atoms with Crippen LogP contribution in [0.15, 0.2) is 16.9 Å². The molecule has 1 N–H and O–H groups in total. The Kier molecular flexibility index (Phi) is 3.87. The summed E-state index contributed by atoms with van der Waals surface area (Å²) >= 11 is 1.54. The lowest BCUT2D eigenvalue weighted by Crippen LogP contribution is -2.25. The van der Waals surface area contributed by atoms with Gasteiger partial charge in [-0.2, -0.15) is 14.7 Å². The highest BCUT2D eigenvalue weighted by Crippen LogP contribution is 2.41. The number of nitrogens with zero attached hydrogens (tertiary/aromatic N) is 6. The second-order valence-electron chi connectivity index (χ2n) is 7.07. The second kappa shape index (κ2) is 6.26. The van der Waals surface area contributed by atoms with Crippen molar-refractivity contribution in [2.24, 2.45) is 0 Å². The summed E-state index contributed by atoms with van der Waals surface area (Å²) in [6.45, 7) is 3.10. The normalized spacial score (nSPS) is 18.2. The highest BCUT2D eigenvalue weighted by Gasteiger charge is 2.28. The molecular formula is C17H20N6O2S. The Morgan fingerprint density at radius 2 is 2.08 bits per heavy atom. The van der Waals surface area contributed by atoms with E-state index >= 15 is 0 Å². The summed E-state index contributed by atoms with van der Waals surface area (Å²) in [5, 5.41) is 19.2. The molecule has 2 aliphatic rings. The Morgan fingerprint density at radius 3 is 2.88 bits per heavy atom. The molecule has 0 bridgehead atoms. The van der Waals surface area contributed by atoms with Crippen LogP contribution >= 0.6 is 11.3 Å². The number of aryl methyl sites for hydroxylation is 1. The molecule has 0 amide bonds. The molecule has 0 spiro atoms. The van der Waals surface area contributed by atoms with Gasteiger partial charge in [0.2, 0.25) is 4.96 Å². The van der Waals surface area contributed by atoms with Crippen molar-refractivity contribution in [1.82, 2.24) is 29.3 Å². The topological polar surface area (TPSA) is 88.5 Å². The number of fused-ring (bicyclic) bond motifs is 2. The molecule has 0 aromatic carbocycles. The van der Waals surface area contributed by atoms with Gasteiger partial charge in [0.05, 0.1) is 23.7 Å². The fourth-order valence-electron chi connectivity index (χ4n) is 3.48. The fraction of sp³-hybridized carbons (Fsp3) is 0.529. The van der Waals surface area contributed by atoms with Crippen molar-refractivity contribution < 1.29 is 5.11 Å². The third-order valence-electron chi connectivity index (χ3n) is 4.93. The first-order chi connectivity index (χ1) is 12.7. The van der Waals surface area contributed by atoms with Gasteiger partial charge in [-0.1, -0.05) is 11.3 Å². The number of aliphatic hydroxyl groups excluding tert-OH is 1. The van der Waals surface area contributed by atoms with E-state index in [1.165, 1.54) is 28.7 Å². The van der Waals surface area contributed by atoms with Crippen molar-refractivity contribution in [3.05, 3.63) is 44.6 Å². The molecule has 3 aromatic heterocycles. The molecule has 0 atom stereocenters. The molecule has 136 valence electrons. The van der Waals surface area contributed by atoms with E-state index in [2.05, 4.69) is 20.1 Å². The average Bonchev–Trinajstić information content (AvgIpc) is 3.31. The van der Waals surface area contributed by atoms with Gasteiger partial charge in [0.25, 0.3) is 5.56 Å². The molecule has 9 heteroatoms. The zero-order valence-electron chi connectivity index (χ0n) is 14.3. The Hall–Kier alpha value is -2.10. The van der Waals surface area contributed by atoms with Gasteiger partial charge < -0.3 is 5.11 Å². The molecule has 4 heterocycles. The third-order valence-corrected chi connectivity index (χ3v) is 6.00. The molecule has 26 heavy (non-hydrogen) atoms. The summed E-state index contributed by atoms with van der Waals surface area (Å²) in [7, 11) is 0. The van der Waals surface area contributed by atoms with Crippen LogP contribution in [0.2, 0.25) is 0 Å². The lowest BCUT2D eigenvalue weighted by molar-refractivity contribution is 0.257. The predicted octanol–water partition coefficient (Wildman–Crippen LogP) is 1.12. The van der Waals surface area contributed by atoms with Gasteiger partial charge in [0.1, 0.15) is 5.01 Å². The van der Waals surface area contributed by atoms with Gasteiger partial charge in [-0.15, -0.1) is 0 Å². The SMILES string of the molecule is O=c1cc(CN2CCCn3nc(CO)cc3C2)nc2sc(C3CC3)nn12. The van der Waals surface area contributed by atoms with Crippen molar-refractivity contribution in [3.63, 3.8) is 0 Å². The van der Waals surface area contributed by atoms with Gasteiger partial charge in [0.15, 0.2) is 0 Å². The molecule has 1 aliphatic heterocycles. The minimum Gasteiger partial charge on any atom is -0.390 e. The average molecular weight is 372 g/mol. The molecule has 1 saturated carbocycles. The zero-order chi connectivity index (χ0) is 17.7. The molecule has 5 rings (SSSR count). The van der Waals surface area contributed by atoms with Crippen molar-refractivity contribution in [2.75, 3.05) is 6.54 Å². The first-order valence-electron chi connectivity index (χ1n) is 8.98. The monoisotopic (exact) mass is 372 g/mol. The van der Waals surface area contributed by atoms with E-state index in [1.807, 2.05) is 10.7 Å². The van der Waals surface area contributed by atoms with E-state index in [4.69, 9.17) is 0 Å². The zero-order valence-corrected chi connectivity index (χ0v) is 15.2. The summed E-state index contributed by atoms with van der Waals surface area (Å²) < 4.78 is 3.41. The summed E-state index contributed by atoms with van der Waals surface area (Å²) in [6, 6.07) is 3.56. The molecule has 0 unspecified atom stereocenters. The van der Waals surface area contributed by atoms with Gasteiger partial charge in [-0.25, -0.2) is 4.98 Å². The molecule has 8 nitrogen and oxygen atoms in total. The maximum Gasteiger partial charge on any atom is 0.275 e. The number of hydrogen-bond acceptors (Lipinski definition) is 7. The van der Waals surface area contributed by atoms with Crippen molar-refractivity contribution in [1.29, 1.82) is 0 Å². The van der Waals surface area contributed by atoms with E-state index in [9.17, 15) is 9.90 Å². The van der Waals surface area contributed by atoms with Crippen LogP contribution in [-0.2, 0) is 26.2 Å². The minimum atomic E-state index is -0.101. The summed E-state index contributed by atoms with van der Waals surface area (Å²) in [4.78, 5) is 20.1. The van der Waals surface area contributed by atoms with E-state index in [0.717, 1.165) is 42.5 Å². The highest BCUT2D eigenvalue weighted by atomic mass is 32.1. The van der Waals surface area contributed by atoms with E-state index in [1.54, 1.807) is 6.07 Å². The number of rotatable bonds is 4. The molecule has 1 aliphatic carbocycles.